The second-order valence-corrected chi connectivity index (χ2v) is 5.87. The molecule has 1 heterocycles. The maximum Gasteiger partial charge on any atom is 0.313 e. The molecule has 2 aromatic rings. The molecule has 0 fully saturated rings. The third-order valence-corrected chi connectivity index (χ3v) is 4.09. The molecule has 0 radical (unpaired) electrons. The molecule has 0 aliphatic heterocycles. The number of hydrogen-bond acceptors (Lipinski definition) is 4. The van der Waals surface area contributed by atoms with Gasteiger partial charge in [-0.15, -0.1) is 10.2 Å². The van der Waals surface area contributed by atoms with E-state index >= 15 is 0 Å². The van der Waals surface area contributed by atoms with E-state index in [0.29, 0.717) is 5.16 Å². The largest absolute Gasteiger partial charge is 0.481 e. The van der Waals surface area contributed by atoms with Crippen molar-refractivity contribution < 1.29 is 9.90 Å². The molecule has 0 spiro atoms. The van der Waals surface area contributed by atoms with Gasteiger partial charge in [0, 0.05) is 17.1 Å². The van der Waals surface area contributed by atoms with Gasteiger partial charge >= 0.3 is 5.97 Å². The second-order valence-electron chi connectivity index (χ2n) is 4.01. The van der Waals surface area contributed by atoms with Crippen LogP contribution >= 0.6 is 27.7 Å². The fourth-order valence-electron chi connectivity index (χ4n) is 1.68. The Morgan fingerprint density at radius 1 is 1.47 bits per heavy atom. The smallest absolute Gasteiger partial charge is 0.313 e. The van der Waals surface area contributed by atoms with Gasteiger partial charge in [-0.25, -0.2) is 0 Å². The molecule has 0 aliphatic rings. The third kappa shape index (κ3) is 3.16. The summed E-state index contributed by atoms with van der Waals surface area (Å²) in [5, 5.41) is 17.4. The van der Waals surface area contributed by atoms with E-state index in [1.807, 2.05) is 36.7 Å². The summed E-state index contributed by atoms with van der Waals surface area (Å²) in [5.74, 6) is -0.155. The van der Waals surface area contributed by atoms with Crippen molar-refractivity contribution in [3.05, 3.63) is 28.2 Å². The van der Waals surface area contributed by atoms with Crippen LogP contribution in [0.25, 0.3) is 11.4 Å². The van der Waals surface area contributed by atoms with Crippen molar-refractivity contribution in [3.63, 3.8) is 0 Å². The van der Waals surface area contributed by atoms with Crippen molar-refractivity contribution in [3.8, 4) is 11.4 Å². The Morgan fingerprint density at radius 3 is 2.84 bits per heavy atom. The van der Waals surface area contributed by atoms with Crippen LogP contribution in [0.2, 0.25) is 0 Å². The number of carboxylic acids is 1. The summed E-state index contributed by atoms with van der Waals surface area (Å²) in [6.45, 7) is 2.00. The minimum atomic E-state index is -0.866. The number of rotatable bonds is 4. The second kappa shape index (κ2) is 5.75. The number of nitrogens with zero attached hydrogens (tertiary/aromatic N) is 3. The Hall–Kier alpha value is -1.34. The summed E-state index contributed by atoms with van der Waals surface area (Å²) < 4.78 is 2.82. The van der Waals surface area contributed by atoms with Gasteiger partial charge in [0.15, 0.2) is 11.0 Å². The highest BCUT2D eigenvalue weighted by molar-refractivity contribution is 9.10. The summed E-state index contributed by atoms with van der Waals surface area (Å²) >= 11 is 4.58. The van der Waals surface area contributed by atoms with E-state index in [1.165, 1.54) is 0 Å². The van der Waals surface area contributed by atoms with Crippen molar-refractivity contribution in [2.45, 2.75) is 12.1 Å². The molecule has 1 aromatic heterocycles. The molecule has 5 nitrogen and oxygen atoms in total. The van der Waals surface area contributed by atoms with E-state index in [9.17, 15) is 4.79 Å². The summed E-state index contributed by atoms with van der Waals surface area (Å²) in [5.41, 5.74) is 2.07. The number of hydrogen-bond donors (Lipinski definition) is 1. The van der Waals surface area contributed by atoms with Crippen LogP contribution in [0, 0.1) is 6.92 Å². The molecule has 0 saturated heterocycles. The number of thioether (sulfide) groups is 1. The number of halogens is 1. The average Bonchev–Trinajstić information content (AvgIpc) is 2.68. The highest BCUT2D eigenvalue weighted by Crippen LogP contribution is 2.27. The molecule has 0 unspecified atom stereocenters. The maximum atomic E-state index is 10.6. The molecule has 19 heavy (non-hydrogen) atoms. The van der Waals surface area contributed by atoms with Crippen LogP contribution < -0.4 is 0 Å². The lowest BCUT2D eigenvalue weighted by molar-refractivity contribution is -0.133. The van der Waals surface area contributed by atoms with Crippen LogP contribution in [0.4, 0.5) is 0 Å². The first-order valence-corrected chi connectivity index (χ1v) is 7.27. The van der Waals surface area contributed by atoms with Crippen molar-refractivity contribution in [1.29, 1.82) is 0 Å². The molecular formula is C12H12BrN3O2S. The SMILES string of the molecule is Cc1cc(Br)ccc1-c1nnc(SCC(=O)O)n1C. The molecule has 2 rings (SSSR count). The highest BCUT2D eigenvalue weighted by atomic mass is 79.9. The predicted octanol–water partition coefficient (Wildman–Crippen LogP) is 2.73. The molecule has 100 valence electrons. The molecule has 7 heteroatoms. The third-order valence-electron chi connectivity index (χ3n) is 2.59. The predicted molar refractivity (Wildman–Crippen MR) is 77.2 cm³/mol. The van der Waals surface area contributed by atoms with Crippen LogP contribution in [-0.4, -0.2) is 31.6 Å². The standard InChI is InChI=1S/C12H12BrN3O2S/c1-7-5-8(13)3-4-9(7)11-14-15-12(16(11)2)19-6-10(17)18/h3-5H,6H2,1-2H3,(H,17,18). The number of carboxylic acid groups (broad SMARTS) is 1. The van der Waals surface area contributed by atoms with E-state index in [0.717, 1.165) is 33.2 Å². The Kier molecular flexibility index (Phi) is 4.26. The van der Waals surface area contributed by atoms with Crippen LogP contribution in [0.3, 0.4) is 0 Å². The number of aryl methyl sites for hydroxylation is 1. The topological polar surface area (TPSA) is 68.0 Å². The van der Waals surface area contributed by atoms with Crippen LogP contribution in [0.5, 0.6) is 0 Å². The lowest BCUT2D eigenvalue weighted by Crippen LogP contribution is -2.01. The molecule has 1 aromatic carbocycles. The zero-order valence-electron chi connectivity index (χ0n) is 10.4. The molecule has 0 amide bonds. The molecule has 0 bridgehead atoms. The van der Waals surface area contributed by atoms with Gasteiger partial charge in [-0.05, 0) is 30.7 Å². The zero-order chi connectivity index (χ0) is 14.0. The quantitative estimate of drug-likeness (QED) is 0.866. The first kappa shape index (κ1) is 14.1. The molecule has 0 saturated carbocycles. The van der Waals surface area contributed by atoms with Crippen LogP contribution in [0.15, 0.2) is 27.8 Å². The van der Waals surface area contributed by atoms with Crippen molar-refractivity contribution in [2.24, 2.45) is 7.05 Å². The van der Waals surface area contributed by atoms with E-state index in [1.54, 1.807) is 0 Å². The minimum absolute atomic E-state index is 0.0225. The number of aliphatic carboxylic acids is 1. The summed E-state index contributed by atoms with van der Waals surface area (Å²) in [6, 6.07) is 5.92. The fourth-order valence-corrected chi connectivity index (χ4v) is 2.79. The highest BCUT2D eigenvalue weighted by Gasteiger charge is 2.14. The van der Waals surface area contributed by atoms with Gasteiger partial charge < -0.3 is 9.67 Å². The van der Waals surface area contributed by atoms with Crippen molar-refractivity contribution >= 4 is 33.7 Å². The van der Waals surface area contributed by atoms with Gasteiger partial charge in [0.1, 0.15) is 0 Å². The van der Waals surface area contributed by atoms with E-state index in [-0.39, 0.29) is 5.75 Å². The zero-order valence-corrected chi connectivity index (χ0v) is 12.8. The van der Waals surface area contributed by atoms with Crippen molar-refractivity contribution in [2.75, 3.05) is 5.75 Å². The molecule has 1 N–H and O–H groups in total. The van der Waals surface area contributed by atoms with Gasteiger partial charge in [-0.3, -0.25) is 4.79 Å². The lowest BCUT2D eigenvalue weighted by Gasteiger charge is -2.06. The summed E-state index contributed by atoms with van der Waals surface area (Å²) in [7, 11) is 1.83. The lowest BCUT2D eigenvalue weighted by atomic mass is 10.1. The van der Waals surface area contributed by atoms with E-state index < -0.39 is 5.97 Å². The molecular weight excluding hydrogens is 330 g/mol. The monoisotopic (exact) mass is 341 g/mol. The van der Waals surface area contributed by atoms with E-state index in [4.69, 9.17) is 5.11 Å². The van der Waals surface area contributed by atoms with Crippen LogP contribution in [0.1, 0.15) is 5.56 Å². The van der Waals surface area contributed by atoms with E-state index in [2.05, 4.69) is 26.1 Å². The van der Waals surface area contributed by atoms with Crippen LogP contribution in [-0.2, 0) is 11.8 Å². The fraction of sp³-hybridized carbons (Fsp3) is 0.250. The van der Waals surface area contributed by atoms with Crippen molar-refractivity contribution in [1.82, 2.24) is 14.8 Å². The van der Waals surface area contributed by atoms with Gasteiger partial charge in [0.25, 0.3) is 0 Å². The Labute approximate surface area is 123 Å². The molecule has 0 atom stereocenters. The first-order chi connectivity index (χ1) is 8.99. The Morgan fingerprint density at radius 2 is 2.21 bits per heavy atom. The van der Waals surface area contributed by atoms with Gasteiger partial charge in [0.05, 0.1) is 5.75 Å². The summed E-state index contributed by atoms with van der Waals surface area (Å²) in [4.78, 5) is 10.6. The minimum Gasteiger partial charge on any atom is -0.481 e. The molecule has 0 aliphatic carbocycles. The normalized spacial score (nSPS) is 10.7. The van der Waals surface area contributed by atoms with Gasteiger partial charge in [-0.2, -0.15) is 0 Å². The maximum absolute atomic E-state index is 10.6. The number of aromatic nitrogens is 3. The first-order valence-electron chi connectivity index (χ1n) is 5.49. The Balaban J connectivity index is 2.33. The Bertz CT molecular complexity index is 627. The number of benzene rings is 1. The summed E-state index contributed by atoms with van der Waals surface area (Å²) in [6.07, 6.45) is 0. The van der Waals surface area contributed by atoms with Gasteiger partial charge in [-0.1, -0.05) is 27.7 Å². The van der Waals surface area contributed by atoms with Gasteiger partial charge in [0.2, 0.25) is 0 Å². The average molecular weight is 342 g/mol. The number of carbonyl (C=O) groups is 1.